The maximum Gasteiger partial charge on any atom is 0.271 e. The average molecular weight is 422 g/mol. The van der Waals surface area contributed by atoms with Gasteiger partial charge in [-0.2, -0.15) is 0 Å². The Balaban J connectivity index is 1.75. The molecule has 144 valence electrons. The molecule has 0 saturated carbocycles. The van der Waals surface area contributed by atoms with Crippen LogP contribution >= 0.6 is 23.4 Å². The maximum atomic E-state index is 13.2. The molecule has 0 bridgehead atoms. The number of carbonyl (C=O) groups is 1. The van der Waals surface area contributed by atoms with Crippen LogP contribution in [0.3, 0.4) is 0 Å². The zero-order chi connectivity index (χ0) is 20.2. The summed E-state index contributed by atoms with van der Waals surface area (Å²) in [4.78, 5) is 24.0. The van der Waals surface area contributed by atoms with Gasteiger partial charge in [0.05, 0.1) is 28.4 Å². The Morgan fingerprint density at radius 2 is 1.86 bits per heavy atom. The van der Waals surface area contributed by atoms with Gasteiger partial charge in [-0.15, -0.1) is 0 Å². The van der Waals surface area contributed by atoms with Crippen LogP contribution in [-0.4, -0.2) is 23.2 Å². The fourth-order valence-electron chi connectivity index (χ4n) is 2.77. The molecule has 0 radical (unpaired) electrons. The molecule has 1 aromatic heterocycles. The van der Waals surface area contributed by atoms with Gasteiger partial charge in [-0.25, -0.2) is 4.99 Å². The summed E-state index contributed by atoms with van der Waals surface area (Å²) in [6, 6.07) is 18.7. The molecule has 0 atom stereocenters. The highest BCUT2D eigenvalue weighted by molar-refractivity contribution is 8.19. The van der Waals surface area contributed by atoms with Crippen LogP contribution in [0, 0.1) is 0 Å². The first-order valence-corrected chi connectivity index (χ1v) is 9.96. The van der Waals surface area contributed by atoms with E-state index < -0.39 is 0 Å². The summed E-state index contributed by atoms with van der Waals surface area (Å²) in [5.74, 6) is 0.624. The minimum Gasteiger partial charge on any atom is -0.497 e. The zero-order valence-electron chi connectivity index (χ0n) is 15.4. The van der Waals surface area contributed by atoms with Crippen molar-refractivity contribution in [2.45, 2.75) is 0 Å². The quantitative estimate of drug-likeness (QED) is 0.518. The summed E-state index contributed by atoms with van der Waals surface area (Å²) in [6.45, 7) is 0. The number of aromatic nitrogens is 1. The predicted molar refractivity (Wildman–Crippen MR) is 119 cm³/mol. The molecule has 1 saturated heterocycles. The summed E-state index contributed by atoms with van der Waals surface area (Å²) in [5.41, 5.74) is 2.20. The third-order valence-electron chi connectivity index (χ3n) is 4.20. The number of anilines is 1. The number of methoxy groups -OCH3 is 1. The Labute approximate surface area is 177 Å². The molecule has 3 aromatic rings. The molecule has 0 spiro atoms. The lowest BCUT2D eigenvalue weighted by Crippen LogP contribution is -2.28. The largest absolute Gasteiger partial charge is 0.497 e. The molecule has 1 fully saturated rings. The van der Waals surface area contributed by atoms with Crippen LogP contribution in [0.25, 0.3) is 6.08 Å². The van der Waals surface area contributed by atoms with Crippen LogP contribution in [-0.2, 0) is 4.79 Å². The summed E-state index contributed by atoms with van der Waals surface area (Å²) < 4.78 is 5.19. The molecular formula is C22H16ClN3O2S. The number of carbonyl (C=O) groups excluding carboxylic acids is 1. The van der Waals surface area contributed by atoms with E-state index in [-0.39, 0.29) is 5.91 Å². The van der Waals surface area contributed by atoms with Gasteiger partial charge in [-0.1, -0.05) is 41.9 Å². The van der Waals surface area contributed by atoms with Crippen molar-refractivity contribution in [3.63, 3.8) is 0 Å². The van der Waals surface area contributed by atoms with E-state index in [0.29, 0.717) is 20.8 Å². The standard InChI is InChI=1S/C22H16ClN3O2S/c1-28-17-9-7-15(8-10-17)13-20-21(27)26(16-5-3-2-4-6-16)22(29-20)25-19-11-12-24-14-18(19)23/h2-14H,1H3/b20-13-,25-22?. The lowest BCUT2D eigenvalue weighted by molar-refractivity contribution is -0.113. The van der Waals surface area contributed by atoms with Crippen LogP contribution in [0.4, 0.5) is 11.4 Å². The number of nitrogens with zero attached hydrogens (tertiary/aromatic N) is 3. The lowest BCUT2D eigenvalue weighted by atomic mass is 10.2. The Hall–Kier alpha value is -3.09. The first kappa shape index (κ1) is 19.2. The number of ether oxygens (including phenoxy) is 1. The van der Waals surface area contributed by atoms with E-state index in [1.54, 1.807) is 24.3 Å². The second kappa shape index (κ2) is 8.51. The number of hydrogen-bond donors (Lipinski definition) is 0. The molecule has 2 heterocycles. The second-order valence-electron chi connectivity index (χ2n) is 6.08. The predicted octanol–water partition coefficient (Wildman–Crippen LogP) is 5.55. The van der Waals surface area contributed by atoms with Gasteiger partial charge in [0.15, 0.2) is 5.17 Å². The van der Waals surface area contributed by atoms with E-state index in [1.807, 2.05) is 60.7 Å². The number of pyridine rings is 1. The van der Waals surface area contributed by atoms with Gasteiger partial charge in [0.25, 0.3) is 5.91 Å². The van der Waals surface area contributed by atoms with Crippen molar-refractivity contribution in [3.05, 3.63) is 88.5 Å². The molecule has 4 rings (SSSR count). The number of amidine groups is 1. The van der Waals surface area contributed by atoms with Crippen LogP contribution in [0.2, 0.25) is 5.02 Å². The van der Waals surface area contributed by atoms with Gasteiger partial charge in [0, 0.05) is 12.4 Å². The Morgan fingerprint density at radius 3 is 2.55 bits per heavy atom. The smallest absolute Gasteiger partial charge is 0.271 e. The molecule has 7 heteroatoms. The summed E-state index contributed by atoms with van der Waals surface area (Å²) in [7, 11) is 1.62. The number of thioether (sulfide) groups is 1. The highest BCUT2D eigenvalue weighted by Gasteiger charge is 2.34. The molecule has 2 aromatic carbocycles. The SMILES string of the molecule is COc1ccc(/C=C2\SC(=Nc3ccncc3Cl)N(c3ccccc3)C2=O)cc1. The Morgan fingerprint density at radius 1 is 1.10 bits per heavy atom. The van der Waals surface area contributed by atoms with Gasteiger partial charge in [-0.3, -0.25) is 14.7 Å². The summed E-state index contributed by atoms with van der Waals surface area (Å²) in [6.07, 6.45) is 5.00. The lowest BCUT2D eigenvalue weighted by Gasteiger charge is -2.15. The molecule has 0 unspecified atom stereocenters. The molecule has 0 aliphatic carbocycles. The van der Waals surface area contributed by atoms with Crippen molar-refractivity contribution < 1.29 is 9.53 Å². The fraction of sp³-hybridized carbons (Fsp3) is 0.0455. The molecule has 1 aliphatic heterocycles. The van der Waals surface area contributed by atoms with Crippen molar-refractivity contribution in [3.8, 4) is 5.75 Å². The molecular weight excluding hydrogens is 406 g/mol. The number of rotatable bonds is 4. The van der Waals surface area contributed by atoms with Gasteiger partial charge in [0.2, 0.25) is 0 Å². The number of benzene rings is 2. The number of aliphatic imine (C=N–C) groups is 1. The van der Waals surface area contributed by atoms with Crippen LogP contribution in [0.15, 0.2) is 83.0 Å². The zero-order valence-corrected chi connectivity index (χ0v) is 17.0. The van der Waals surface area contributed by atoms with Gasteiger partial charge < -0.3 is 4.74 Å². The molecule has 29 heavy (non-hydrogen) atoms. The normalized spacial score (nSPS) is 16.6. The fourth-order valence-corrected chi connectivity index (χ4v) is 3.92. The minimum atomic E-state index is -0.138. The van der Waals surface area contributed by atoms with Crippen LogP contribution in [0.1, 0.15) is 5.56 Å². The number of para-hydroxylation sites is 1. The van der Waals surface area contributed by atoms with Crippen molar-refractivity contribution in [1.29, 1.82) is 0 Å². The van der Waals surface area contributed by atoms with Crippen LogP contribution < -0.4 is 9.64 Å². The Kier molecular flexibility index (Phi) is 5.64. The molecule has 0 N–H and O–H groups in total. The molecule has 1 aliphatic rings. The van der Waals surface area contributed by atoms with Gasteiger partial charge in [-0.05, 0) is 53.7 Å². The second-order valence-corrected chi connectivity index (χ2v) is 7.50. The summed E-state index contributed by atoms with van der Waals surface area (Å²) >= 11 is 7.53. The summed E-state index contributed by atoms with van der Waals surface area (Å²) in [5, 5.41) is 0.961. The van der Waals surface area contributed by atoms with E-state index in [2.05, 4.69) is 9.98 Å². The van der Waals surface area contributed by atoms with Crippen molar-refractivity contribution in [1.82, 2.24) is 4.98 Å². The average Bonchev–Trinajstić information content (AvgIpc) is 3.05. The molecule has 1 amide bonds. The topological polar surface area (TPSA) is 54.8 Å². The monoisotopic (exact) mass is 421 g/mol. The van der Waals surface area contributed by atoms with Crippen molar-refractivity contribution in [2.24, 2.45) is 4.99 Å². The Bertz CT molecular complexity index is 1100. The first-order chi connectivity index (χ1) is 14.2. The van der Waals surface area contributed by atoms with E-state index in [9.17, 15) is 4.79 Å². The van der Waals surface area contributed by atoms with Crippen LogP contribution in [0.5, 0.6) is 5.75 Å². The highest BCUT2D eigenvalue weighted by atomic mass is 35.5. The minimum absolute atomic E-state index is 0.138. The maximum absolute atomic E-state index is 13.2. The number of hydrogen-bond acceptors (Lipinski definition) is 5. The van der Waals surface area contributed by atoms with E-state index >= 15 is 0 Å². The number of amides is 1. The first-order valence-electron chi connectivity index (χ1n) is 8.77. The van der Waals surface area contributed by atoms with E-state index in [1.165, 1.54) is 18.0 Å². The van der Waals surface area contributed by atoms with Crippen molar-refractivity contribution >= 4 is 51.9 Å². The molecule has 5 nitrogen and oxygen atoms in total. The highest BCUT2D eigenvalue weighted by Crippen LogP contribution is 2.38. The van der Waals surface area contributed by atoms with E-state index in [0.717, 1.165) is 17.0 Å². The van der Waals surface area contributed by atoms with Crippen molar-refractivity contribution in [2.75, 3.05) is 12.0 Å². The third-order valence-corrected chi connectivity index (χ3v) is 5.46. The third kappa shape index (κ3) is 4.18. The van der Waals surface area contributed by atoms with Gasteiger partial charge >= 0.3 is 0 Å². The van der Waals surface area contributed by atoms with E-state index in [4.69, 9.17) is 16.3 Å². The van der Waals surface area contributed by atoms with Gasteiger partial charge in [0.1, 0.15) is 5.75 Å². The number of halogens is 1.